The van der Waals surface area contributed by atoms with E-state index in [9.17, 15) is 0 Å². The van der Waals surface area contributed by atoms with Gasteiger partial charge in [0.25, 0.3) is 0 Å². The number of nitrogens with zero attached hydrogens (tertiary/aromatic N) is 2. The zero-order chi connectivity index (χ0) is 10.3. The van der Waals surface area contributed by atoms with Crippen molar-refractivity contribution in [1.29, 1.82) is 0 Å². The number of hydrogen-bond acceptors (Lipinski definition) is 1. The second kappa shape index (κ2) is 5.89. The van der Waals surface area contributed by atoms with Crippen LogP contribution in [0, 0.1) is 0 Å². The predicted molar refractivity (Wildman–Crippen MR) is 63.1 cm³/mol. The third-order valence-corrected chi connectivity index (χ3v) is 2.93. The van der Waals surface area contributed by atoms with Crippen LogP contribution < -0.4 is 5.32 Å². The van der Waals surface area contributed by atoms with E-state index in [-0.39, 0.29) is 0 Å². The molecule has 0 aromatic heterocycles. The first kappa shape index (κ1) is 10.7. The molecule has 1 aliphatic heterocycles. The van der Waals surface area contributed by atoms with Crippen LogP contribution in [-0.2, 0) is 6.42 Å². The van der Waals surface area contributed by atoms with E-state index in [2.05, 4.69) is 40.5 Å². The van der Waals surface area contributed by atoms with Gasteiger partial charge < -0.3 is 4.90 Å². The van der Waals surface area contributed by atoms with Crippen molar-refractivity contribution < 1.29 is 0 Å². The lowest BCUT2D eigenvalue weighted by molar-refractivity contribution is 0.236. The predicted octanol–water partition coefficient (Wildman–Crippen LogP) is 1.54. The van der Waals surface area contributed by atoms with Gasteiger partial charge in [-0.3, -0.25) is 0 Å². The molecule has 2 rings (SSSR count). The van der Waals surface area contributed by atoms with Crippen LogP contribution in [0.1, 0.15) is 12.0 Å². The first-order valence-corrected chi connectivity index (χ1v) is 5.85. The van der Waals surface area contributed by atoms with Gasteiger partial charge in [-0.25, -0.2) is 5.32 Å². The highest BCUT2D eigenvalue weighted by atomic mass is 15.2. The molecule has 0 unspecified atom stereocenters. The van der Waals surface area contributed by atoms with Gasteiger partial charge in [0, 0.05) is 26.2 Å². The van der Waals surface area contributed by atoms with Crippen molar-refractivity contribution in [3.05, 3.63) is 35.9 Å². The van der Waals surface area contributed by atoms with Crippen LogP contribution >= 0.6 is 0 Å². The Bertz CT molecular complexity index is 265. The third-order valence-electron chi connectivity index (χ3n) is 2.93. The lowest BCUT2D eigenvalue weighted by Gasteiger charge is -2.26. The minimum atomic E-state index is 1.03. The zero-order valence-electron chi connectivity index (χ0n) is 9.23. The van der Waals surface area contributed by atoms with Crippen LogP contribution in [0.4, 0.5) is 0 Å². The average molecular weight is 203 g/mol. The van der Waals surface area contributed by atoms with E-state index in [4.69, 9.17) is 0 Å². The molecule has 1 aromatic rings. The Morgan fingerprint density at radius 2 is 1.80 bits per heavy atom. The molecule has 1 fully saturated rings. The molecule has 1 aliphatic rings. The van der Waals surface area contributed by atoms with Gasteiger partial charge in [-0.1, -0.05) is 30.3 Å². The van der Waals surface area contributed by atoms with E-state index in [1.54, 1.807) is 0 Å². The summed E-state index contributed by atoms with van der Waals surface area (Å²) in [6.07, 6.45) is 2.47. The summed E-state index contributed by atoms with van der Waals surface area (Å²) in [5.74, 6) is 0. The van der Waals surface area contributed by atoms with Gasteiger partial charge in [0.15, 0.2) is 0 Å². The van der Waals surface area contributed by atoms with Crippen LogP contribution in [0.2, 0.25) is 0 Å². The maximum atomic E-state index is 4.35. The molecule has 0 saturated carbocycles. The van der Waals surface area contributed by atoms with Gasteiger partial charge >= 0.3 is 0 Å². The topological polar surface area (TPSA) is 17.3 Å². The Morgan fingerprint density at radius 3 is 2.53 bits per heavy atom. The minimum Gasteiger partial charge on any atom is -0.301 e. The van der Waals surface area contributed by atoms with Gasteiger partial charge in [0.1, 0.15) is 0 Å². The molecule has 81 valence electrons. The Hall–Kier alpha value is -0.860. The molecule has 2 heteroatoms. The van der Waals surface area contributed by atoms with Gasteiger partial charge in [0.05, 0.1) is 0 Å². The van der Waals surface area contributed by atoms with Crippen LogP contribution in [0.15, 0.2) is 30.3 Å². The van der Waals surface area contributed by atoms with Gasteiger partial charge in [-0.2, -0.15) is 0 Å². The number of rotatable bonds is 4. The molecule has 0 atom stereocenters. The number of aryl methyl sites for hydroxylation is 1. The quantitative estimate of drug-likeness (QED) is 0.725. The van der Waals surface area contributed by atoms with Gasteiger partial charge in [-0.15, -0.1) is 0 Å². The lowest BCUT2D eigenvalue weighted by atomic mass is 10.1. The molecule has 1 saturated heterocycles. The van der Waals surface area contributed by atoms with Crippen molar-refractivity contribution in [3.63, 3.8) is 0 Å². The summed E-state index contributed by atoms with van der Waals surface area (Å²) in [5.41, 5.74) is 1.46. The molecule has 2 nitrogen and oxygen atoms in total. The Labute approximate surface area is 92.3 Å². The average Bonchev–Trinajstić information content (AvgIpc) is 2.32. The molecule has 1 aromatic carbocycles. The van der Waals surface area contributed by atoms with Crippen LogP contribution in [0.25, 0.3) is 0 Å². The lowest BCUT2D eigenvalue weighted by Crippen LogP contribution is -2.40. The maximum absolute atomic E-state index is 4.35. The fraction of sp³-hybridized carbons (Fsp3) is 0.538. The molecular weight excluding hydrogens is 184 g/mol. The summed E-state index contributed by atoms with van der Waals surface area (Å²) >= 11 is 0. The molecular formula is C13H19N2. The Kier molecular flexibility index (Phi) is 4.18. The summed E-state index contributed by atoms with van der Waals surface area (Å²) in [6.45, 7) is 5.62. The van der Waals surface area contributed by atoms with E-state index in [0.29, 0.717) is 0 Å². The van der Waals surface area contributed by atoms with Crippen molar-refractivity contribution in [1.82, 2.24) is 10.2 Å². The molecule has 0 N–H and O–H groups in total. The molecule has 0 bridgehead atoms. The van der Waals surface area contributed by atoms with Gasteiger partial charge in [-0.05, 0) is 24.9 Å². The fourth-order valence-electron chi connectivity index (χ4n) is 2.02. The second-order valence-corrected chi connectivity index (χ2v) is 4.10. The Balaban J connectivity index is 1.66. The third kappa shape index (κ3) is 3.65. The van der Waals surface area contributed by atoms with Gasteiger partial charge in [0.2, 0.25) is 0 Å². The minimum absolute atomic E-state index is 1.03. The molecule has 1 radical (unpaired) electrons. The summed E-state index contributed by atoms with van der Waals surface area (Å²) in [5, 5.41) is 4.35. The van der Waals surface area contributed by atoms with E-state index < -0.39 is 0 Å². The van der Waals surface area contributed by atoms with E-state index >= 15 is 0 Å². The standard InChI is InChI=1S/C13H19N2/c1-2-5-13(6-3-1)7-4-10-15-11-8-14-9-12-15/h1-3,5-6H,4,7-12H2. The van der Waals surface area contributed by atoms with Crippen molar-refractivity contribution in [2.45, 2.75) is 12.8 Å². The van der Waals surface area contributed by atoms with Crippen LogP contribution in [0.3, 0.4) is 0 Å². The summed E-state index contributed by atoms with van der Waals surface area (Å²) < 4.78 is 0. The first-order chi connectivity index (χ1) is 7.45. The van der Waals surface area contributed by atoms with E-state index in [0.717, 1.165) is 26.2 Å². The number of benzene rings is 1. The summed E-state index contributed by atoms with van der Waals surface area (Å²) in [6, 6.07) is 10.7. The first-order valence-electron chi connectivity index (χ1n) is 5.85. The second-order valence-electron chi connectivity index (χ2n) is 4.10. The van der Waals surface area contributed by atoms with Crippen LogP contribution in [-0.4, -0.2) is 37.6 Å². The maximum Gasteiger partial charge on any atom is 0.0261 e. The molecule has 0 amide bonds. The highest BCUT2D eigenvalue weighted by molar-refractivity contribution is 5.14. The van der Waals surface area contributed by atoms with Crippen molar-refractivity contribution in [2.75, 3.05) is 32.7 Å². The normalized spacial score (nSPS) is 17.9. The number of piperazine rings is 1. The molecule has 0 spiro atoms. The largest absolute Gasteiger partial charge is 0.301 e. The van der Waals surface area contributed by atoms with E-state index in [1.807, 2.05) is 0 Å². The Morgan fingerprint density at radius 1 is 1.07 bits per heavy atom. The summed E-state index contributed by atoms with van der Waals surface area (Å²) in [7, 11) is 0. The monoisotopic (exact) mass is 203 g/mol. The SMILES string of the molecule is c1ccc(CCCN2CC[N]CC2)cc1. The van der Waals surface area contributed by atoms with Crippen molar-refractivity contribution in [3.8, 4) is 0 Å². The van der Waals surface area contributed by atoms with Crippen molar-refractivity contribution in [2.24, 2.45) is 0 Å². The fourth-order valence-corrected chi connectivity index (χ4v) is 2.02. The highest BCUT2D eigenvalue weighted by Gasteiger charge is 2.08. The highest BCUT2D eigenvalue weighted by Crippen LogP contribution is 2.04. The molecule has 1 heterocycles. The molecule has 0 aliphatic carbocycles. The smallest absolute Gasteiger partial charge is 0.0261 e. The summed E-state index contributed by atoms with van der Waals surface area (Å²) in [4.78, 5) is 2.52. The van der Waals surface area contributed by atoms with Crippen molar-refractivity contribution >= 4 is 0 Å². The van der Waals surface area contributed by atoms with Crippen LogP contribution in [0.5, 0.6) is 0 Å². The number of hydrogen-bond donors (Lipinski definition) is 0. The molecule has 15 heavy (non-hydrogen) atoms. The van der Waals surface area contributed by atoms with E-state index in [1.165, 1.54) is 24.9 Å². The zero-order valence-corrected chi connectivity index (χ0v) is 9.23.